The number of esters is 1. The third kappa shape index (κ3) is 3.99. The van der Waals surface area contributed by atoms with Gasteiger partial charge in [-0.2, -0.15) is 0 Å². The van der Waals surface area contributed by atoms with Gasteiger partial charge in [0.05, 0.1) is 0 Å². The SMILES string of the molecule is COC(=O)C[PH](c1ccccc1)(c1ccccc1)c1cccc(S(=O)(=O)O)c1. The van der Waals surface area contributed by atoms with Crippen molar-refractivity contribution in [1.29, 1.82) is 0 Å². The van der Waals surface area contributed by atoms with Gasteiger partial charge >= 0.3 is 165 Å². The van der Waals surface area contributed by atoms with Crippen molar-refractivity contribution in [1.82, 2.24) is 0 Å². The van der Waals surface area contributed by atoms with Crippen molar-refractivity contribution in [2.45, 2.75) is 4.90 Å². The van der Waals surface area contributed by atoms with Crippen LogP contribution in [0.15, 0.2) is 89.8 Å². The summed E-state index contributed by atoms with van der Waals surface area (Å²) in [5.41, 5.74) is 0. The van der Waals surface area contributed by atoms with Crippen LogP contribution in [-0.2, 0) is 19.6 Å². The van der Waals surface area contributed by atoms with E-state index in [1.165, 1.54) is 19.2 Å². The molecule has 0 amide bonds. The molecular weight excluding hydrogens is 395 g/mol. The number of benzene rings is 3. The van der Waals surface area contributed by atoms with Crippen molar-refractivity contribution < 1.29 is 22.5 Å². The summed E-state index contributed by atoms with van der Waals surface area (Å²) >= 11 is 0. The first-order chi connectivity index (χ1) is 13.4. The van der Waals surface area contributed by atoms with Crippen molar-refractivity contribution in [2.24, 2.45) is 0 Å². The van der Waals surface area contributed by atoms with E-state index in [0.29, 0.717) is 5.30 Å². The average Bonchev–Trinajstić information content (AvgIpc) is 2.72. The first kappa shape index (κ1) is 20.2. The Morgan fingerprint density at radius 3 is 1.82 bits per heavy atom. The average molecular weight is 416 g/mol. The minimum absolute atomic E-state index is 0.104. The van der Waals surface area contributed by atoms with Crippen LogP contribution >= 0.6 is 7.26 Å². The molecule has 0 aliphatic rings. The van der Waals surface area contributed by atoms with Crippen LogP contribution in [0.1, 0.15) is 0 Å². The fraction of sp³-hybridized carbons (Fsp3) is 0.0952. The molecule has 0 heterocycles. The summed E-state index contributed by atoms with van der Waals surface area (Å²) in [6.07, 6.45) is 0.104. The molecular formula is C21H21O5PS. The summed E-state index contributed by atoms with van der Waals surface area (Å²) in [7, 11) is -6.01. The van der Waals surface area contributed by atoms with Crippen LogP contribution in [0.3, 0.4) is 0 Å². The molecule has 3 rings (SSSR count). The number of hydrogen-bond donors (Lipinski definition) is 1. The second-order valence-corrected chi connectivity index (χ2v) is 11.7. The van der Waals surface area contributed by atoms with Gasteiger partial charge in [0, 0.05) is 0 Å². The molecule has 5 nitrogen and oxygen atoms in total. The Morgan fingerprint density at radius 2 is 1.36 bits per heavy atom. The predicted molar refractivity (Wildman–Crippen MR) is 113 cm³/mol. The molecule has 0 unspecified atom stereocenters. The number of carbonyl (C=O) groups excluding carboxylic acids is 1. The van der Waals surface area contributed by atoms with Crippen molar-refractivity contribution >= 4 is 39.3 Å². The van der Waals surface area contributed by atoms with E-state index in [4.69, 9.17) is 4.74 Å². The zero-order chi connectivity index (χ0) is 20.2. The molecule has 3 aromatic rings. The van der Waals surface area contributed by atoms with Gasteiger partial charge in [-0.3, -0.25) is 0 Å². The number of ether oxygens (including phenoxy) is 1. The molecule has 0 aliphatic carbocycles. The van der Waals surface area contributed by atoms with Crippen LogP contribution < -0.4 is 15.9 Å². The Labute approximate surface area is 165 Å². The topological polar surface area (TPSA) is 80.7 Å². The monoisotopic (exact) mass is 416 g/mol. The number of methoxy groups -OCH3 is 1. The fourth-order valence-corrected chi connectivity index (χ4v) is 8.59. The molecule has 1 N–H and O–H groups in total. The van der Waals surface area contributed by atoms with Crippen molar-refractivity contribution in [2.75, 3.05) is 13.3 Å². The second kappa shape index (κ2) is 8.23. The number of rotatable bonds is 6. The molecule has 146 valence electrons. The molecule has 3 aromatic carbocycles. The molecule has 0 radical (unpaired) electrons. The van der Waals surface area contributed by atoms with Gasteiger partial charge in [0.1, 0.15) is 0 Å². The van der Waals surface area contributed by atoms with Crippen LogP contribution in [0.5, 0.6) is 0 Å². The Bertz CT molecular complexity index is 1030. The van der Waals surface area contributed by atoms with Crippen LogP contribution in [0.25, 0.3) is 0 Å². The summed E-state index contributed by atoms with van der Waals surface area (Å²) in [5.74, 6) is -0.378. The van der Waals surface area contributed by atoms with E-state index in [2.05, 4.69) is 0 Å². The van der Waals surface area contributed by atoms with Gasteiger partial charge in [-0.1, -0.05) is 0 Å². The molecule has 28 heavy (non-hydrogen) atoms. The van der Waals surface area contributed by atoms with E-state index in [9.17, 15) is 17.8 Å². The van der Waals surface area contributed by atoms with E-state index in [-0.39, 0.29) is 17.0 Å². The van der Waals surface area contributed by atoms with Crippen LogP contribution in [0.4, 0.5) is 0 Å². The molecule has 0 bridgehead atoms. The Hall–Kier alpha value is -2.53. The molecule has 0 saturated heterocycles. The van der Waals surface area contributed by atoms with Crippen molar-refractivity contribution in [3.8, 4) is 0 Å². The molecule has 0 aromatic heterocycles. The second-order valence-electron chi connectivity index (χ2n) is 6.39. The Morgan fingerprint density at radius 1 is 0.857 bits per heavy atom. The third-order valence-corrected chi connectivity index (χ3v) is 10.4. The normalized spacial score (nSPS) is 12.4. The molecule has 0 saturated carbocycles. The first-order valence-corrected chi connectivity index (χ1v) is 12.3. The standard InChI is InChI=1S/C21H21O5PS/c1-26-21(22)16-27(17-9-4-2-5-10-17,18-11-6-3-7-12-18)19-13-8-14-20(15-19)28(23,24)25/h2-15,27H,16H2,1H3,(H,23,24,25). The molecule has 7 heteroatoms. The first-order valence-electron chi connectivity index (χ1n) is 8.64. The van der Waals surface area contributed by atoms with Gasteiger partial charge in [-0.05, 0) is 0 Å². The predicted octanol–water partition coefficient (Wildman–Crippen LogP) is 2.13. The summed E-state index contributed by atoms with van der Waals surface area (Å²) in [6, 6.07) is 25.3. The Balaban J connectivity index is 2.37. The molecule has 0 atom stereocenters. The van der Waals surface area contributed by atoms with E-state index in [0.717, 1.165) is 10.6 Å². The maximum atomic E-state index is 12.5. The van der Waals surface area contributed by atoms with E-state index in [1.807, 2.05) is 66.7 Å². The summed E-state index contributed by atoms with van der Waals surface area (Å²) < 4.78 is 38.0. The van der Waals surface area contributed by atoms with Crippen LogP contribution in [0.2, 0.25) is 0 Å². The van der Waals surface area contributed by atoms with Crippen LogP contribution in [0, 0.1) is 0 Å². The van der Waals surface area contributed by atoms with E-state index < -0.39 is 17.4 Å². The summed E-state index contributed by atoms with van der Waals surface area (Å²) in [5, 5.41) is 2.59. The fourth-order valence-electron chi connectivity index (χ4n) is 3.46. The van der Waals surface area contributed by atoms with Crippen molar-refractivity contribution in [3.05, 3.63) is 84.9 Å². The molecule has 0 fully saturated rings. The Kier molecular flexibility index (Phi) is 5.94. The number of hydrogen-bond acceptors (Lipinski definition) is 4. The van der Waals surface area contributed by atoms with Crippen LogP contribution in [-0.4, -0.2) is 32.2 Å². The zero-order valence-electron chi connectivity index (χ0n) is 15.3. The summed E-state index contributed by atoms with van der Waals surface area (Å²) in [6.45, 7) is 0. The van der Waals surface area contributed by atoms with Crippen molar-refractivity contribution in [3.63, 3.8) is 0 Å². The minimum atomic E-state index is -4.38. The maximum absolute atomic E-state index is 12.5. The van der Waals surface area contributed by atoms with Gasteiger partial charge in [0.25, 0.3) is 0 Å². The molecule has 0 spiro atoms. The van der Waals surface area contributed by atoms with Gasteiger partial charge < -0.3 is 0 Å². The van der Waals surface area contributed by atoms with Gasteiger partial charge in [0.15, 0.2) is 0 Å². The third-order valence-electron chi connectivity index (χ3n) is 4.80. The van der Waals surface area contributed by atoms with Gasteiger partial charge in [-0.25, -0.2) is 0 Å². The van der Waals surface area contributed by atoms with E-state index in [1.54, 1.807) is 6.07 Å². The van der Waals surface area contributed by atoms with E-state index >= 15 is 0 Å². The van der Waals surface area contributed by atoms with Gasteiger partial charge in [0.2, 0.25) is 0 Å². The zero-order valence-corrected chi connectivity index (χ0v) is 17.1. The summed E-state index contributed by atoms with van der Waals surface area (Å²) in [4.78, 5) is 12.3. The number of carbonyl (C=O) groups is 1. The quantitative estimate of drug-likeness (QED) is 0.378. The molecule has 0 aliphatic heterocycles. The van der Waals surface area contributed by atoms with Gasteiger partial charge in [-0.15, -0.1) is 0 Å².